The molecular weight excluding hydrogens is 214 g/mol. The molecule has 4 nitrogen and oxygen atoms in total. The average Bonchev–Trinajstić information content (AvgIpc) is 3.10. The maximum absolute atomic E-state index is 10.1. The van der Waals surface area contributed by atoms with Gasteiger partial charge in [0.15, 0.2) is 0 Å². The fraction of sp³-hybridized carbons (Fsp3) is 0.462. The van der Waals surface area contributed by atoms with E-state index in [0.717, 1.165) is 16.6 Å². The molecule has 1 unspecified atom stereocenters. The Morgan fingerprint density at radius 2 is 2.35 bits per heavy atom. The van der Waals surface area contributed by atoms with Crippen molar-refractivity contribution in [3.05, 3.63) is 30.1 Å². The number of fused-ring (bicyclic) bond motifs is 1. The van der Waals surface area contributed by atoms with Crippen molar-refractivity contribution in [2.45, 2.75) is 25.0 Å². The molecule has 0 saturated heterocycles. The van der Waals surface area contributed by atoms with Crippen LogP contribution in [0.25, 0.3) is 11.0 Å². The first-order valence-corrected chi connectivity index (χ1v) is 6.06. The van der Waals surface area contributed by atoms with Gasteiger partial charge in [0.05, 0.1) is 23.5 Å². The van der Waals surface area contributed by atoms with Crippen LogP contribution >= 0.6 is 0 Å². The third-order valence-electron chi connectivity index (χ3n) is 3.31. The number of hydrogen-bond acceptors (Lipinski definition) is 3. The molecule has 0 aliphatic heterocycles. The van der Waals surface area contributed by atoms with Crippen LogP contribution in [0.5, 0.6) is 0 Å². The topological polar surface area (TPSA) is 50.1 Å². The molecule has 0 radical (unpaired) electrons. The number of hydrogen-bond donors (Lipinski definition) is 2. The van der Waals surface area contributed by atoms with E-state index in [1.54, 1.807) is 6.33 Å². The second-order valence-corrected chi connectivity index (χ2v) is 4.80. The van der Waals surface area contributed by atoms with Crippen LogP contribution in [-0.4, -0.2) is 27.2 Å². The Bertz CT molecular complexity index is 530. The zero-order valence-electron chi connectivity index (χ0n) is 9.93. The van der Waals surface area contributed by atoms with Crippen LogP contribution in [0.1, 0.15) is 24.5 Å². The van der Waals surface area contributed by atoms with Gasteiger partial charge in [-0.25, -0.2) is 4.98 Å². The number of rotatable bonds is 4. The molecule has 0 spiro atoms. The Morgan fingerprint density at radius 1 is 1.53 bits per heavy atom. The van der Waals surface area contributed by atoms with Crippen molar-refractivity contribution in [1.82, 2.24) is 14.9 Å². The first kappa shape index (κ1) is 10.7. The minimum atomic E-state index is -0.443. The summed E-state index contributed by atoms with van der Waals surface area (Å²) in [6, 6.07) is 6.58. The maximum Gasteiger partial charge on any atom is 0.0955 e. The van der Waals surface area contributed by atoms with Crippen molar-refractivity contribution in [3.8, 4) is 0 Å². The zero-order chi connectivity index (χ0) is 11.8. The Hall–Kier alpha value is -1.39. The standard InChI is InChI=1S/C13H17N3O/c1-16-8-15-11-6-9(2-5-12(11)16)13(17)7-14-10-3-4-10/h2,5-6,8,10,13-14,17H,3-4,7H2,1H3. The number of imidazole rings is 1. The van der Waals surface area contributed by atoms with Crippen molar-refractivity contribution in [1.29, 1.82) is 0 Å². The van der Waals surface area contributed by atoms with Crippen LogP contribution in [0.2, 0.25) is 0 Å². The highest BCUT2D eigenvalue weighted by Gasteiger charge is 2.21. The van der Waals surface area contributed by atoms with Crippen LogP contribution in [-0.2, 0) is 7.05 Å². The van der Waals surface area contributed by atoms with Crippen molar-refractivity contribution >= 4 is 11.0 Å². The third-order valence-corrected chi connectivity index (χ3v) is 3.31. The summed E-state index contributed by atoms with van der Waals surface area (Å²) in [5, 5.41) is 13.4. The van der Waals surface area contributed by atoms with Crippen molar-refractivity contribution in [3.63, 3.8) is 0 Å². The predicted octanol–water partition coefficient (Wildman–Crippen LogP) is 1.36. The summed E-state index contributed by atoms with van der Waals surface area (Å²) >= 11 is 0. The molecule has 0 amide bonds. The van der Waals surface area contributed by atoms with E-state index in [0.29, 0.717) is 12.6 Å². The van der Waals surface area contributed by atoms with Gasteiger partial charge in [-0.05, 0) is 30.5 Å². The predicted molar refractivity (Wildman–Crippen MR) is 66.7 cm³/mol. The average molecular weight is 231 g/mol. The number of nitrogens with one attached hydrogen (secondary N) is 1. The monoisotopic (exact) mass is 231 g/mol. The summed E-state index contributed by atoms with van der Waals surface area (Å²) in [6.07, 6.45) is 3.84. The SMILES string of the molecule is Cn1cnc2cc(C(O)CNC3CC3)ccc21. The molecule has 1 aromatic heterocycles. The second-order valence-electron chi connectivity index (χ2n) is 4.80. The van der Waals surface area contributed by atoms with Crippen LogP contribution in [0.15, 0.2) is 24.5 Å². The van der Waals surface area contributed by atoms with Gasteiger partial charge in [0.2, 0.25) is 0 Å². The molecule has 3 rings (SSSR count). The lowest BCUT2D eigenvalue weighted by Gasteiger charge is -2.11. The molecule has 1 fully saturated rings. The number of aromatic nitrogens is 2. The Labute approximate surface area is 100 Å². The normalized spacial score (nSPS) is 17.5. The Kier molecular flexibility index (Phi) is 2.61. The number of aliphatic hydroxyl groups excluding tert-OH is 1. The number of aliphatic hydroxyl groups is 1. The molecule has 1 aliphatic rings. The van der Waals surface area contributed by atoms with Gasteiger partial charge in [-0.2, -0.15) is 0 Å². The molecule has 2 aromatic rings. The summed E-state index contributed by atoms with van der Waals surface area (Å²) < 4.78 is 1.98. The molecule has 17 heavy (non-hydrogen) atoms. The first-order valence-electron chi connectivity index (χ1n) is 6.06. The van der Waals surface area contributed by atoms with Crippen LogP contribution in [0.3, 0.4) is 0 Å². The minimum Gasteiger partial charge on any atom is -0.387 e. The molecule has 0 bridgehead atoms. The van der Waals surface area contributed by atoms with E-state index in [4.69, 9.17) is 0 Å². The highest BCUT2D eigenvalue weighted by Crippen LogP contribution is 2.22. The van der Waals surface area contributed by atoms with E-state index < -0.39 is 6.10 Å². The molecule has 1 atom stereocenters. The fourth-order valence-electron chi connectivity index (χ4n) is 2.04. The van der Waals surface area contributed by atoms with E-state index >= 15 is 0 Å². The number of benzene rings is 1. The van der Waals surface area contributed by atoms with E-state index in [2.05, 4.69) is 10.3 Å². The van der Waals surface area contributed by atoms with E-state index in [-0.39, 0.29) is 0 Å². The quantitative estimate of drug-likeness (QED) is 0.835. The lowest BCUT2D eigenvalue weighted by Crippen LogP contribution is -2.23. The van der Waals surface area contributed by atoms with Gasteiger partial charge >= 0.3 is 0 Å². The van der Waals surface area contributed by atoms with Crippen LogP contribution in [0.4, 0.5) is 0 Å². The molecule has 90 valence electrons. The summed E-state index contributed by atoms with van der Waals surface area (Å²) in [4.78, 5) is 4.30. The van der Waals surface area contributed by atoms with Crippen molar-refractivity contribution < 1.29 is 5.11 Å². The molecular formula is C13H17N3O. The minimum absolute atomic E-state index is 0.443. The molecule has 1 heterocycles. The smallest absolute Gasteiger partial charge is 0.0955 e. The van der Waals surface area contributed by atoms with Gasteiger partial charge in [0.25, 0.3) is 0 Å². The highest BCUT2D eigenvalue weighted by atomic mass is 16.3. The molecule has 1 aliphatic carbocycles. The lowest BCUT2D eigenvalue weighted by molar-refractivity contribution is 0.174. The number of nitrogens with zero attached hydrogens (tertiary/aromatic N) is 2. The van der Waals surface area contributed by atoms with Crippen LogP contribution < -0.4 is 5.32 Å². The third kappa shape index (κ3) is 2.18. The van der Waals surface area contributed by atoms with Gasteiger partial charge < -0.3 is 15.0 Å². The number of aryl methyl sites for hydroxylation is 1. The lowest BCUT2D eigenvalue weighted by atomic mass is 10.1. The molecule has 1 aromatic carbocycles. The van der Waals surface area contributed by atoms with Gasteiger partial charge in [0.1, 0.15) is 0 Å². The molecule has 4 heteroatoms. The fourth-order valence-corrected chi connectivity index (χ4v) is 2.04. The van der Waals surface area contributed by atoms with Gasteiger partial charge in [-0.1, -0.05) is 6.07 Å². The van der Waals surface area contributed by atoms with Crippen molar-refractivity contribution in [2.24, 2.45) is 7.05 Å². The molecule has 2 N–H and O–H groups in total. The summed E-state index contributed by atoms with van der Waals surface area (Å²) in [5.74, 6) is 0. The second kappa shape index (κ2) is 4.13. The molecule has 1 saturated carbocycles. The van der Waals surface area contributed by atoms with E-state index in [1.807, 2.05) is 29.8 Å². The maximum atomic E-state index is 10.1. The Morgan fingerprint density at radius 3 is 3.12 bits per heavy atom. The highest BCUT2D eigenvalue weighted by molar-refractivity contribution is 5.76. The van der Waals surface area contributed by atoms with Gasteiger partial charge in [-0.15, -0.1) is 0 Å². The summed E-state index contributed by atoms with van der Waals surface area (Å²) in [5.41, 5.74) is 2.97. The van der Waals surface area contributed by atoms with E-state index in [9.17, 15) is 5.11 Å². The Balaban J connectivity index is 1.78. The first-order chi connectivity index (χ1) is 8.24. The van der Waals surface area contributed by atoms with Gasteiger partial charge in [-0.3, -0.25) is 0 Å². The zero-order valence-corrected chi connectivity index (χ0v) is 9.93. The largest absolute Gasteiger partial charge is 0.387 e. The van der Waals surface area contributed by atoms with Crippen LogP contribution in [0, 0.1) is 0 Å². The van der Waals surface area contributed by atoms with Gasteiger partial charge in [0, 0.05) is 19.6 Å². The van der Waals surface area contributed by atoms with Crippen molar-refractivity contribution in [2.75, 3.05) is 6.54 Å². The summed E-state index contributed by atoms with van der Waals surface area (Å²) in [7, 11) is 1.97. The summed E-state index contributed by atoms with van der Waals surface area (Å²) in [6.45, 7) is 0.628. The van der Waals surface area contributed by atoms with E-state index in [1.165, 1.54) is 12.8 Å².